The Kier molecular flexibility index (Phi) is 4.27. The molecule has 0 amide bonds. The molecule has 19 heavy (non-hydrogen) atoms. The number of hydrogen-bond donors (Lipinski definition) is 2. The van der Waals surface area contributed by atoms with Crippen LogP contribution in [0.1, 0.15) is 30.8 Å². The molecule has 2 aromatic rings. The fourth-order valence-corrected chi connectivity index (χ4v) is 1.55. The molecule has 102 valence electrons. The van der Waals surface area contributed by atoms with Gasteiger partial charge < -0.3 is 15.2 Å². The predicted octanol–water partition coefficient (Wildman–Crippen LogP) is 1.91. The minimum Gasteiger partial charge on any atom is -0.361 e. The minimum absolute atomic E-state index is 0.449. The van der Waals surface area contributed by atoms with Gasteiger partial charge in [-0.1, -0.05) is 12.1 Å². The number of rotatable bonds is 6. The summed E-state index contributed by atoms with van der Waals surface area (Å²) in [6.45, 7) is 7.12. The summed E-state index contributed by atoms with van der Waals surface area (Å²) < 4.78 is 5.03. The molecule has 0 fully saturated rings. The lowest BCUT2D eigenvalue weighted by Crippen LogP contribution is -2.08. The summed E-state index contributed by atoms with van der Waals surface area (Å²) in [7, 11) is 0. The van der Waals surface area contributed by atoms with Crippen molar-refractivity contribution >= 4 is 11.8 Å². The van der Waals surface area contributed by atoms with Gasteiger partial charge in [-0.2, -0.15) is 9.97 Å². The van der Waals surface area contributed by atoms with Crippen molar-refractivity contribution in [2.24, 2.45) is 0 Å². The van der Waals surface area contributed by atoms with E-state index in [-0.39, 0.29) is 0 Å². The lowest BCUT2D eigenvalue weighted by Gasteiger charge is -2.08. The van der Waals surface area contributed by atoms with Gasteiger partial charge in [-0.3, -0.25) is 0 Å². The fourth-order valence-electron chi connectivity index (χ4n) is 1.55. The zero-order valence-corrected chi connectivity index (χ0v) is 11.4. The van der Waals surface area contributed by atoms with E-state index in [1.807, 2.05) is 13.0 Å². The van der Waals surface area contributed by atoms with Gasteiger partial charge in [0.1, 0.15) is 5.82 Å². The van der Waals surface area contributed by atoms with Crippen LogP contribution in [0.5, 0.6) is 0 Å². The number of nitrogens with one attached hydrogen (secondary N) is 2. The molecule has 7 heteroatoms. The van der Waals surface area contributed by atoms with Crippen LogP contribution in [0.2, 0.25) is 0 Å². The van der Waals surface area contributed by atoms with Crippen LogP contribution >= 0.6 is 0 Å². The highest BCUT2D eigenvalue weighted by Gasteiger charge is 2.05. The number of nitrogens with zero attached hydrogens (tertiary/aromatic N) is 4. The Bertz CT molecular complexity index is 539. The number of hydrogen-bond acceptors (Lipinski definition) is 7. The molecular formula is C12H18N6O. The molecule has 0 unspecified atom stereocenters. The van der Waals surface area contributed by atoms with E-state index in [1.54, 1.807) is 6.92 Å². The SMILES string of the molecule is CCCNc1nc(C)cc(NCc2nc(C)no2)n1. The Morgan fingerprint density at radius 1 is 1.16 bits per heavy atom. The molecule has 2 rings (SSSR count). The summed E-state index contributed by atoms with van der Waals surface area (Å²) in [6, 6.07) is 1.88. The minimum atomic E-state index is 0.449. The van der Waals surface area contributed by atoms with Gasteiger partial charge >= 0.3 is 0 Å². The van der Waals surface area contributed by atoms with E-state index in [2.05, 4.69) is 37.7 Å². The zero-order valence-electron chi connectivity index (χ0n) is 11.4. The van der Waals surface area contributed by atoms with Crippen LogP contribution in [0.25, 0.3) is 0 Å². The van der Waals surface area contributed by atoms with E-state index in [0.29, 0.717) is 24.2 Å². The van der Waals surface area contributed by atoms with Crippen LogP contribution in [0.15, 0.2) is 10.6 Å². The van der Waals surface area contributed by atoms with E-state index in [1.165, 1.54) is 0 Å². The Labute approximate surface area is 111 Å². The summed E-state index contributed by atoms with van der Waals surface area (Å²) in [5, 5.41) is 10.0. The lowest BCUT2D eigenvalue weighted by molar-refractivity contribution is 0.379. The smallest absolute Gasteiger partial charge is 0.245 e. The number of anilines is 2. The molecule has 0 saturated heterocycles. The van der Waals surface area contributed by atoms with Crippen molar-refractivity contribution in [2.75, 3.05) is 17.2 Å². The molecule has 0 atom stereocenters. The maximum absolute atomic E-state index is 5.03. The fraction of sp³-hybridized carbons (Fsp3) is 0.500. The second-order valence-corrected chi connectivity index (χ2v) is 4.23. The van der Waals surface area contributed by atoms with E-state index in [9.17, 15) is 0 Å². The third-order valence-electron chi connectivity index (χ3n) is 2.38. The Hall–Kier alpha value is -2.18. The zero-order chi connectivity index (χ0) is 13.7. The molecule has 0 spiro atoms. The summed E-state index contributed by atoms with van der Waals surface area (Å²) in [6.07, 6.45) is 1.03. The molecule has 2 N–H and O–H groups in total. The van der Waals surface area contributed by atoms with Gasteiger partial charge in [-0.05, 0) is 20.3 Å². The van der Waals surface area contributed by atoms with E-state index < -0.39 is 0 Å². The second kappa shape index (κ2) is 6.12. The van der Waals surface area contributed by atoms with Crippen LogP contribution < -0.4 is 10.6 Å². The first-order valence-corrected chi connectivity index (χ1v) is 6.30. The van der Waals surface area contributed by atoms with Crippen LogP contribution in [-0.4, -0.2) is 26.7 Å². The highest BCUT2D eigenvalue weighted by Crippen LogP contribution is 2.10. The van der Waals surface area contributed by atoms with Crippen LogP contribution in [0.3, 0.4) is 0 Å². The molecule has 2 heterocycles. The van der Waals surface area contributed by atoms with E-state index in [4.69, 9.17) is 4.52 Å². The molecule has 2 aromatic heterocycles. The van der Waals surface area contributed by atoms with Gasteiger partial charge in [0.25, 0.3) is 0 Å². The van der Waals surface area contributed by atoms with Crippen molar-refractivity contribution in [1.82, 2.24) is 20.1 Å². The third-order valence-corrected chi connectivity index (χ3v) is 2.38. The Morgan fingerprint density at radius 3 is 2.68 bits per heavy atom. The van der Waals surface area contributed by atoms with Gasteiger partial charge in [0.05, 0.1) is 6.54 Å². The van der Waals surface area contributed by atoms with Crippen molar-refractivity contribution in [2.45, 2.75) is 33.7 Å². The molecule has 0 radical (unpaired) electrons. The van der Waals surface area contributed by atoms with Gasteiger partial charge in [0, 0.05) is 18.3 Å². The largest absolute Gasteiger partial charge is 0.361 e. The average molecular weight is 262 g/mol. The molecular weight excluding hydrogens is 244 g/mol. The highest BCUT2D eigenvalue weighted by molar-refractivity contribution is 5.42. The number of aryl methyl sites for hydroxylation is 2. The molecule has 0 aliphatic heterocycles. The first kappa shape index (κ1) is 13.3. The topological polar surface area (TPSA) is 88.8 Å². The Balaban J connectivity index is 2.01. The van der Waals surface area contributed by atoms with E-state index in [0.717, 1.165) is 24.5 Å². The Morgan fingerprint density at radius 2 is 2.00 bits per heavy atom. The first-order valence-electron chi connectivity index (χ1n) is 6.30. The van der Waals surface area contributed by atoms with Gasteiger partial charge in [0.15, 0.2) is 5.82 Å². The quantitative estimate of drug-likeness (QED) is 0.821. The van der Waals surface area contributed by atoms with Gasteiger partial charge in [-0.15, -0.1) is 0 Å². The monoisotopic (exact) mass is 262 g/mol. The predicted molar refractivity (Wildman–Crippen MR) is 71.9 cm³/mol. The van der Waals surface area contributed by atoms with Crippen molar-refractivity contribution in [3.05, 3.63) is 23.5 Å². The maximum atomic E-state index is 5.03. The van der Waals surface area contributed by atoms with Crippen molar-refractivity contribution < 1.29 is 4.52 Å². The van der Waals surface area contributed by atoms with Gasteiger partial charge in [0.2, 0.25) is 11.8 Å². The summed E-state index contributed by atoms with van der Waals surface area (Å²) >= 11 is 0. The van der Waals surface area contributed by atoms with E-state index >= 15 is 0 Å². The highest BCUT2D eigenvalue weighted by atomic mass is 16.5. The van der Waals surface area contributed by atoms with Crippen molar-refractivity contribution in [3.8, 4) is 0 Å². The summed E-state index contributed by atoms with van der Waals surface area (Å²) in [5.74, 6) is 2.53. The van der Waals surface area contributed by atoms with Crippen LogP contribution in [0.4, 0.5) is 11.8 Å². The first-order chi connectivity index (χ1) is 9.17. The van der Waals surface area contributed by atoms with Crippen molar-refractivity contribution in [3.63, 3.8) is 0 Å². The molecule has 0 saturated carbocycles. The number of aromatic nitrogens is 4. The maximum Gasteiger partial charge on any atom is 0.245 e. The molecule has 0 bridgehead atoms. The van der Waals surface area contributed by atoms with Gasteiger partial charge in [-0.25, -0.2) is 4.98 Å². The third kappa shape index (κ3) is 3.90. The molecule has 0 aliphatic rings. The standard InChI is InChI=1S/C12H18N6O/c1-4-5-13-12-15-8(2)6-10(17-12)14-7-11-16-9(3)18-19-11/h6H,4-5,7H2,1-3H3,(H2,13,14,15,17). The summed E-state index contributed by atoms with van der Waals surface area (Å²) in [5.41, 5.74) is 0.901. The average Bonchev–Trinajstić information content (AvgIpc) is 2.79. The van der Waals surface area contributed by atoms with Crippen LogP contribution in [0, 0.1) is 13.8 Å². The second-order valence-electron chi connectivity index (χ2n) is 4.23. The summed E-state index contributed by atoms with van der Waals surface area (Å²) in [4.78, 5) is 12.8. The molecule has 0 aromatic carbocycles. The lowest BCUT2D eigenvalue weighted by atomic mass is 10.4. The van der Waals surface area contributed by atoms with Crippen molar-refractivity contribution in [1.29, 1.82) is 0 Å². The molecule has 7 nitrogen and oxygen atoms in total. The normalized spacial score (nSPS) is 10.5. The van der Waals surface area contributed by atoms with Crippen LogP contribution in [-0.2, 0) is 6.54 Å². The molecule has 0 aliphatic carbocycles.